The predicted molar refractivity (Wildman–Crippen MR) is 95.4 cm³/mol. The summed E-state index contributed by atoms with van der Waals surface area (Å²) in [5.74, 6) is -0.473. The SMILES string of the molecule is CC(=O)c1ccc(OCC(O)CN(C)C(C)c2cc(F)ccc2F)cc1. The van der Waals surface area contributed by atoms with E-state index in [9.17, 15) is 18.7 Å². The van der Waals surface area contributed by atoms with Crippen LogP contribution in [-0.2, 0) is 0 Å². The van der Waals surface area contributed by atoms with Crippen LogP contribution in [0.3, 0.4) is 0 Å². The molecule has 2 aromatic rings. The van der Waals surface area contributed by atoms with Gasteiger partial charge >= 0.3 is 0 Å². The number of carbonyl (C=O) groups excluding carboxylic acids is 1. The van der Waals surface area contributed by atoms with E-state index in [1.165, 1.54) is 6.92 Å². The molecule has 140 valence electrons. The third kappa shape index (κ3) is 5.34. The largest absolute Gasteiger partial charge is 0.491 e. The Balaban J connectivity index is 1.89. The van der Waals surface area contributed by atoms with E-state index in [2.05, 4.69) is 0 Å². The second-order valence-electron chi connectivity index (χ2n) is 6.33. The molecule has 2 atom stereocenters. The number of aliphatic hydroxyl groups excluding tert-OH is 1. The molecule has 2 aromatic carbocycles. The quantitative estimate of drug-likeness (QED) is 0.728. The average Bonchev–Trinajstić information content (AvgIpc) is 2.61. The van der Waals surface area contributed by atoms with E-state index in [1.807, 2.05) is 0 Å². The van der Waals surface area contributed by atoms with Gasteiger partial charge in [0.2, 0.25) is 0 Å². The van der Waals surface area contributed by atoms with Crippen molar-refractivity contribution in [2.75, 3.05) is 20.2 Å². The van der Waals surface area contributed by atoms with E-state index in [1.54, 1.807) is 43.1 Å². The Bertz CT molecular complexity index is 749. The second kappa shape index (κ2) is 8.87. The van der Waals surface area contributed by atoms with Gasteiger partial charge in [-0.05, 0) is 63.4 Å². The molecule has 2 rings (SSSR count). The maximum atomic E-state index is 13.9. The summed E-state index contributed by atoms with van der Waals surface area (Å²) in [5, 5.41) is 10.2. The molecule has 0 fully saturated rings. The van der Waals surface area contributed by atoms with Crippen LogP contribution in [0.15, 0.2) is 42.5 Å². The van der Waals surface area contributed by atoms with E-state index < -0.39 is 23.8 Å². The van der Waals surface area contributed by atoms with Crippen LogP contribution in [0.25, 0.3) is 0 Å². The number of likely N-dealkylation sites (N-methyl/N-ethyl adjacent to an activating group) is 1. The van der Waals surface area contributed by atoms with Crippen LogP contribution in [0.5, 0.6) is 5.75 Å². The zero-order chi connectivity index (χ0) is 19.3. The van der Waals surface area contributed by atoms with Gasteiger partial charge in [-0.3, -0.25) is 9.69 Å². The molecule has 4 nitrogen and oxygen atoms in total. The van der Waals surface area contributed by atoms with Crippen LogP contribution in [0.2, 0.25) is 0 Å². The van der Waals surface area contributed by atoms with Crippen molar-refractivity contribution in [1.29, 1.82) is 0 Å². The number of benzene rings is 2. The normalized spacial score (nSPS) is 13.5. The number of halogens is 2. The molecule has 0 saturated carbocycles. The van der Waals surface area contributed by atoms with Gasteiger partial charge in [0.25, 0.3) is 0 Å². The van der Waals surface area contributed by atoms with Gasteiger partial charge in [-0.2, -0.15) is 0 Å². The number of hydrogen-bond acceptors (Lipinski definition) is 4. The number of carbonyl (C=O) groups is 1. The number of ketones is 1. The molecular weight excluding hydrogens is 340 g/mol. The third-order valence-electron chi connectivity index (χ3n) is 4.27. The predicted octanol–water partition coefficient (Wildman–Crippen LogP) is 3.60. The molecular formula is C20H23F2NO3. The van der Waals surface area contributed by atoms with E-state index in [4.69, 9.17) is 4.74 Å². The summed E-state index contributed by atoms with van der Waals surface area (Å²) in [6, 6.07) is 9.57. The molecule has 0 spiro atoms. The summed E-state index contributed by atoms with van der Waals surface area (Å²) in [4.78, 5) is 13.0. The zero-order valence-electron chi connectivity index (χ0n) is 15.1. The number of Topliss-reactive ketones (excluding diaryl/α,β-unsaturated/α-hetero) is 1. The summed E-state index contributed by atoms with van der Waals surface area (Å²) in [6.07, 6.45) is -0.813. The van der Waals surface area contributed by atoms with Crippen molar-refractivity contribution >= 4 is 5.78 Å². The minimum Gasteiger partial charge on any atom is -0.491 e. The molecule has 0 bridgehead atoms. The standard InChI is InChI=1S/C20H23F2NO3/c1-13(19-10-16(21)6-9-20(19)22)23(3)11-17(25)12-26-18-7-4-15(5-8-18)14(2)24/h4-10,13,17,25H,11-12H2,1-3H3. The summed E-state index contributed by atoms with van der Waals surface area (Å²) in [5.41, 5.74) is 0.823. The molecule has 0 aromatic heterocycles. The van der Waals surface area contributed by atoms with Crippen molar-refractivity contribution in [1.82, 2.24) is 4.90 Å². The molecule has 0 aliphatic carbocycles. The Morgan fingerprint density at radius 3 is 2.46 bits per heavy atom. The average molecular weight is 363 g/mol. The van der Waals surface area contributed by atoms with Gasteiger partial charge < -0.3 is 9.84 Å². The summed E-state index contributed by atoms with van der Waals surface area (Å²) in [7, 11) is 1.72. The molecule has 6 heteroatoms. The van der Waals surface area contributed by atoms with Gasteiger partial charge in [-0.25, -0.2) is 8.78 Å². The highest BCUT2D eigenvalue weighted by Crippen LogP contribution is 2.23. The summed E-state index contributed by atoms with van der Waals surface area (Å²) >= 11 is 0. The molecule has 0 amide bonds. The molecule has 0 radical (unpaired) electrons. The smallest absolute Gasteiger partial charge is 0.159 e. The summed E-state index contributed by atoms with van der Waals surface area (Å²) < 4.78 is 32.7. The third-order valence-corrected chi connectivity index (χ3v) is 4.27. The molecule has 1 N–H and O–H groups in total. The first-order valence-electron chi connectivity index (χ1n) is 8.35. The first-order valence-corrected chi connectivity index (χ1v) is 8.35. The Kier molecular flexibility index (Phi) is 6.83. The molecule has 0 heterocycles. The maximum absolute atomic E-state index is 13.9. The summed E-state index contributed by atoms with van der Waals surface area (Å²) in [6.45, 7) is 3.49. The fraction of sp³-hybridized carbons (Fsp3) is 0.350. The van der Waals surface area contributed by atoms with Crippen LogP contribution in [-0.4, -0.2) is 42.1 Å². The van der Waals surface area contributed by atoms with Gasteiger partial charge in [-0.1, -0.05) is 0 Å². The van der Waals surface area contributed by atoms with Crippen molar-refractivity contribution in [2.24, 2.45) is 0 Å². The van der Waals surface area contributed by atoms with Gasteiger partial charge in [0, 0.05) is 23.7 Å². The number of nitrogens with zero attached hydrogens (tertiary/aromatic N) is 1. The zero-order valence-corrected chi connectivity index (χ0v) is 15.1. The van der Waals surface area contributed by atoms with E-state index in [-0.39, 0.29) is 24.5 Å². The fourth-order valence-corrected chi connectivity index (χ4v) is 2.59. The lowest BCUT2D eigenvalue weighted by molar-refractivity contribution is 0.0648. The van der Waals surface area contributed by atoms with Crippen LogP contribution < -0.4 is 4.74 Å². The molecule has 0 saturated heterocycles. The van der Waals surface area contributed by atoms with Gasteiger partial charge in [0.1, 0.15) is 30.1 Å². The number of rotatable bonds is 8. The van der Waals surface area contributed by atoms with Gasteiger partial charge in [0.05, 0.1) is 0 Å². The Hall–Kier alpha value is -2.31. The minimum absolute atomic E-state index is 0.0308. The first-order chi connectivity index (χ1) is 12.3. The number of hydrogen-bond donors (Lipinski definition) is 1. The van der Waals surface area contributed by atoms with Crippen molar-refractivity contribution in [2.45, 2.75) is 26.0 Å². The first kappa shape index (κ1) is 20.0. The van der Waals surface area contributed by atoms with Crippen LogP contribution >= 0.6 is 0 Å². The van der Waals surface area contributed by atoms with Gasteiger partial charge in [-0.15, -0.1) is 0 Å². The molecule has 0 aliphatic rings. The monoisotopic (exact) mass is 363 g/mol. The Morgan fingerprint density at radius 1 is 1.19 bits per heavy atom. The minimum atomic E-state index is -0.813. The number of aliphatic hydroxyl groups is 1. The van der Waals surface area contributed by atoms with E-state index in [0.717, 1.165) is 18.2 Å². The van der Waals surface area contributed by atoms with Crippen LogP contribution in [0, 0.1) is 11.6 Å². The van der Waals surface area contributed by atoms with Crippen molar-refractivity contribution < 1.29 is 23.4 Å². The number of ether oxygens (including phenoxy) is 1. The highest BCUT2D eigenvalue weighted by Gasteiger charge is 2.19. The molecule has 26 heavy (non-hydrogen) atoms. The lowest BCUT2D eigenvalue weighted by atomic mass is 10.1. The second-order valence-corrected chi connectivity index (χ2v) is 6.33. The van der Waals surface area contributed by atoms with Crippen LogP contribution in [0.1, 0.15) is 35.8 Å². The Labute approximate surface area is 152 Å². The van der Waals surface area contributed by atoms with Crippen LogP contribution in [0.4, 0.5) is 8.78 Å². The van der Waals surface area contributed by atoms with Crippen molar-refractivity contribution in [3.8, 4) is 5.75 Å². The topological polar surface area (TPSA) is 49.8 Å². The lowest BCUT2D eigenvalue weighted by Crippen LogP contribution is -2.35. The highest BCUT2D eigenvalue weighted by molar-refractivity contribution is 5.94. The molecule has 2 unspecified atom stereocenters. The fourth-order valence-electron chi connectivity index (χ4n) is 2.59. The van der Waals surface area contributed by atoms with Gasteiger partial charge in [0.15, 0.2) is 5.78 Å². The maximum Gasteiger partial charge on any atom is 0.159 e. The highest BCUT2D eigenvalue weighted by atomic mass is 19.1. The van der Waals surface area contributed by atoms with Crippen molar-refractivity contribution in [3.63, 3.8) is 0 Å². The lowest BCUT2D eigenvalue weighted by Gasteiger charge is -2.27. The Morgan fingerprint density at radius 2 is 1.85 bits per heavy atom. The van der Waals surface area contributed by atoms with E-state index >= 15 is 0 Å². The van der Waals surface area contributed by atoms with E-state index in [0.29, 0.717) is 11.3 Å². The van der Waals surface area contributed by atoms with Crippen molar-refractivity contribution in [3.05, 3.63) is 65.2 Å². The molecule has 0 aliphatic heterocycles.